The minimum Gasteiger partial charge on any atom is -0.378 e. The third kappa shape index (κ3) is 2.18. The monoisotopic (exact) mass is 261 g/mol. The molecule has 2 heterocycles. The highest BCUT2D eigenvalue weighted by Gasteiger charge is 2.30. The van der Waals surface area contributed by atoms with Gasteiger partial charge in [0.25, 0.3) is 0 Å². The van der Waals surface area contributed by atoms with E-state index in [0.717, 1.165) is 21.6 Å². The number of hydrogen-bond acceptors (Lipinski definition) is 4. The average Bonchev–Trinajstić information content (AvgIpc) is 2.94. The van der Waals surface area contributed by atoms with Crippen LogP contribution in [0.2, 0.25) is 0 Å². The topological polar surface area (TPSA) is 39.2 Å². The van der Waals surface area contributed by atoms with Crippen molar-refractivity contribution in [2.45, 2.75) is 25.9 Å². The maximum Gasteiger partial charge on any atom is 0.145 e. The van der Waals surface area contributed by atoms with E-state index in [0.29, 0.717) is 13.0 Å². The van der Waals surface area contributed by atoms with Gasteiger partial charge in [0.2, 0.25) is 0 Å². The first kappa shape index (κ1) is 11.8. The van der Waals surface area contributed by atoms with E-state index in [1.165, 1.54) is 0 Å². The number of thiazole rings is 1. The standard InChI is InChI=1S/C14H15NO2S/c1-9-10(6-7-17-9)12(16)8-14-15-11-4-2-3-5-13(11)18-14/h2-5,9-10H,6-8H2,1H3. The predicted molar refractivity (Wildman–Crippen MR) is 71.9 cm³/mol. The van der Waals surface area contributed by atoms with Crippen LogP contribution in [0.3, 0.4) is 0 Å². The molecule has 2 unspecified atom stereocenters. The molecule has 0 bridgehead atoms. The first-order chi connectivity index (χ1) is 8.74. The molecule has 1 aromatic carbocycles. The first-order valence-corrected chi connectivity index (χ1v) is 7.04. The van der Waals surface area contributed by atoms with Crippen molar-refractivity contribution in [2.75, 3.05) is 6.61 Å². The molecule has 2 atom stereocenters. The lowest BCUT2D eigenvalue weighted by Gasteiger charge is -2.11. The zero-order valence-corrected chi connectivity index (χ0v) is 11.1. The minimum atomic E-state index is 0.0528. The van der Waals surface area contributed by atoms with Crippen molar-refractivity contribution in [3.05, 3.63) is 29.3 Å². The van der Waals surface area contributed by atoms with E-state index < -0.39 is 0 Å². The van der Waals surface area contributed by atoms with Crippen LogP contribution in [0.4, 0.5) is 0 Å². The number of para-hydroxylation sites is 1. The number of carbonyl (C=O) groups excluding carboxylic acids is 1. The Labute approximate surface area is 110 Å². The molecule has 4 heteroatoms. The van der Waals surface area contributed by atoms with Crippen LogP contribution in [0.15, 0.2) is 24.3 Å². The summed E-state index contributed by atoms with van der Waals surface area (Å²) in [5, 5.41) is 0.917. The van der Waals surface area contributed by atoms with Crippen molar-refractivity contribution >= 4 is 27.3 Å². The third-order valence-corrected chi connectivity index (χ3v) is 4.49. The summed E-state index contributed by atoms with van der Waals surface area (Å²) in [7, 11) is 0. The van der Waals surface area contributed by atoms with Crippen molar-refractivity contribution in [1.82, 2.24) is 4.98 Å². The smallest absolute Gasteiger partial charge is 0.145 e. The molecule has 2 aromatic rings. The van der Waals surface area contributed by atoms with Crippen molar-refractivity contribution in [1.29, 1.82) is 0 Å². The Morgan fingerprint density at radius 3 is 3.06 bits per heavy atom. The van der Waals surface area contributed by atoms with E-state index in [1.807, 2.05) is 31.2 Å². The second-order valence-corrected chi connectivity index (χ2v) is 5.80. The molecule has 1 aliphatic heterocycles. The second-order valence-electron chi connectivity index (χ2n) is 4.69. The Kier molecular flexibility index (Phi) is 3.14. The fraction of sp³-hybridized carbons (Fsp3) is 0.429. The maximum absolute atomic E-state index is 12.2. The Bertz CT molecular complexity index is 545. The molecule has 1 aromatic heterocycles. The van der Waals surface area contributed by atoms with Crippen LogP contribution in [0.1, 0.15) is 18.4 Å². The summed E-state index contributed by atoms with van der Waals surface area (Å²) in [5.74, 6) is 0.316. The summed E-state index contributed by atoms with van der Waals surface area (Å²) in [6.07, 6.45) is 1.36. The Hall–Kier alpha value is -1.26. The highest BCUT2D eigenvalue weighted by atomic mass is 32.1. The van der Waals surface area contributed by atoms with E-state index in [9.17, 15) is 4.79 Å². The van der Waals surface area contributed by atoms with Crippen LogP contribution < -0.4 is 0 Å². The largest absolute Gasteiger partial charge is 0.378 e. The predicted octanol–water partition coefficient (Wildman–Crippen LogP) is 2.83. The number of fused-ring (bicyclic) bond motifs is 1. The average molecular weight is 261 g/mol. The highest BCUT2D eigenvalue weighted by molar-refractivity contribution is 7.18. The molecule has 0 spiro atoms. The van der Waals surface area contributed by atoms with Gasteiger partial charge in [0.15, 0.2) is 0 Å². The summed E-state index contributed by atoms with van der Waals surface area (Å²) < 4.78 is 6.59. The van der Waals surface area contributed by atoms with Gasteiger partial charge in [-0.3, -0.25) is 4.79 Å². The van der Waals surface area contributed by atoms with E-state index in [1.54, 1.807) is 11.3 Å². The van der Waals surface area contributed by atoms with Crippen molar-refractivity contribution < 1.29 is 9.53 Å². The lowest BCUT2D eigenvalue weighted by molar-refractivity contribution is -0.123. The van der Waals surface area contributed by atoms with Gasteiger partial charge in [-0.25, -0.2) is 4.98 Å². The Balaban J connectivity index is 1.77. The number of ketones is 1. The number of benzene rings is 1. The van der Waals surface area contributed by atoms with Gasteiger partial charge in [-0.2, -0.15) is 0 Å². The van der Waals surface area contributed by atoms with Gasteiger partial charge in [0, 0.05) is 12.5 Å². The quantitative estimate of drug-likeness (QED) is 0.853. The second kappa shape index (κ2) is 4.78. The Morgan fingerprint density at radius 1 is 1.50 bits per heavy atom. The fourth-order valence-corrected chi connectivity index (χ4v) is 3.41. The molecule has 1 fully saturated rings. The SMILES string of the molecule is CC1OCCC1C(=O)Cc1nc2ccccc2s1. The van der Waals surface area contributed by atoms with Gasteiger partial charge in [-0.1, -0.05) is 12.1 Å². The van der Waals surface area contributed by atoms with Crippen LogP contribution in [0.5, 0.6) is 0 Å². The molecule has 0 saturated carbocycles. The number of rotatable bonds is 3. The lowest BCUT2D eigenvalue weighted by Crippen LogP contribution is -2.23. The van der Waals surface area contributed by atoms with Gasteiger partial charge >= 0.3 is 0 Å². The molecule has 1 saturated heterocycles. The van der Waals surface area contributed by atoms with Gasteiger partial charge in [0.1, 0.15) is 10.8 Å². The van der Waals surface area contributed by atoms with Gasteiger partial charge in [0.05, 0.1) is 22.7 Å². The summed E-state index contributed by atoms with van der Waals surface area (Å²) in [6.45, 7) is 2.69. The van der Waals surface area contributed by atoms with E-state index >= 15 is 0 Å². The highest BCUT2D eigenvalue weighted by Crippen LogP contribution is 2.26. The van der Waals surface area contributed by atoms with Crippen LogP contribution >= 0.6 is 11.3 Å². The van der Waals surface area contributed by atoms with Crippen molar-refractivity contribution in [3.8, 4) is 0 Å². The maximum atomic E-state index is 12.2. The molecule has 0 N–H and O–H groups in total. The number of hydrogen-bond donors (Lipinski definition) is 0. The van der Waals surface area contributed by atoms with Crippen LogP contribution in [-0.4, -0.2) is 23.5 Å². The number of ether oxygens (including phenoxy) is 1. The number of Topliss-reactive ketones (excluding diaryl/α,β-unsaturated/α-hetero) is 1. The minimum absolute atomic E-state index is 0.0528. The summed E-state index contributed by atoms with van der Waals surface area (Å²) in [6, 6.07) is 8.00. The molecule has 94 valence electrons. The zero-order chi connectivity index (χ0) is 12.5. The first-order valence-electron chi connectivity index (χ1n) is 6.23. The summed E-state index contributed by atoms with van der Waals surface area (Å²) in [4.78, 5) is 16.7. The number of aromatic nitrogens is 1. The fourth-order valence-electron chi connectivity index (χ4n) is 2.43. The molecule has 18 heavy (non-hydrogen) atoms. The van der Waals surface area contributed by atoms with E-state index in [-0.39, 0.29) is 17.8 Å². The summed E-state index contributed by atoms with van der Waals surface area (Å²) in [5.41, 5.74) is 0.987. The molecular formula is C14H15NO2S. The molecular weight excluding hydrogens is 246 g/mol. The zero-order valence-electron chi connectivity index (χ0n) is 10.3. The van der Waals surface area contributed by atoms with E-state index in [4.69, 9.17) is 4.74 Å². The van der Waals surface area contributed by atoms with Gasteiger partial charge < -0.3 is 4.74 Å². The van der Waals surface area contributed by atoms with Crippen molar-refractivity contribution in [3.63, 3.8) is 0 Å². The number of nitrogens with zero attached hydrogens (tertiary/aromatic N) is 1. The normalized spacial score (nSPS) is 23.6. The lowest BCUT2D eigenvalue weighted by atomic mass is 9.96. The molecule has 3 nitrogen and oxygen atoms in total. The van der Waals surface area contributed by atoms with Gasteiger partial charge in [-0.05, 0) is 25.5 Å². The van der Waals surface area contributed by atoms with E-state index in [2.05, 4.69) is 4.98 Å². The third-order valence-electron chi connectivity index (χ3n) is 3.45. The molecule has 0 amide bonds. The van der Waals surface area contributed by atoms with Crippen molar-refractivity contribution in [2.24, 2.45) is 5.92 Å². The molecule has 3 rings (SSSR count). The Morgan fingerprint density at radius 2 is 2.33 bits per heavy atom. The van der Waals surface area contributed by atoms with Gasteiger partial charge in [-0.15, -0.1) is 11.3 Å². The molecule has 1 aliphatic rings. The summed E-state index contributed by atoms with van der Waals surface area (Å²) >= 11 is 1.61. The van der Waals surface area contributed by atoms with Crippen LogP contribution in [0, 0.1) is 5.92 Å². The van der Waals surface area contributed by atoms with Crippen LogP contribution in [-0.2, 0) is 16.0 Å². The molecule has 0 radical (unpaired) electrons. The number of carbonyl (C=O) groups is 1. The van der Waals surface area contributed by atoms with Crippen LogP contribution in [0.25, 0.3) is 10.2 Å². The molecule has 0 aliphatic carbocycles.